The first-order valence-electron chi connectivity index (χ1n) is 8.40. The molecule has 0 aromatic heterocycles. The molecule has 1 heterocycles. The number of benzene rings is 1. The standard InChI is InChI=1S/C19H22O3/c1-11-9-14(13-5-6-13)10-12(2)15(11)16-17(20)19(22-18(16)21)7-3-4-8-19/h9-10,13,16H,3-8H2,1-2H3. The molecule has 1 atom stereocenters. The molecule has 2 aliphatic carbocycles. The van der Waals surface area contributed by atoms with E-state index in [0.29, 0.717) is 18.8 Å². The number of ether oxygens (including phenoxy) is 1. The molecular formula is C19H22O3. The minimum absolute atomic E-state index is 0.000344. The summed E-state index contributed by atoms with van der Waals surface area (Å²) in [4.78, 5) is 25.4. The third-order valence-corrected chi connectivity index (χ3v) is 5.61. The quantitative estimate of drug-likeness (QED) is 0.617. The van der Waals surface area contributed by atoms with E-state index in [-0.39, 0.29) is 11.8 Å². The van der Waals surface area contributed by atoms with E-state index in [1.54, 1.807) is 0 Å². The van der Waals surface area contributed by atoms with E-state index in [9.17, 15) is 9.59 Å². The second-order valence-electron chi connectivity index (χ2n) is 7.26. The van der Waals surface area contributed by atoms with Gasteiger partial charge in [0.25, 0.3) is 0 Å². The van der Waals surface area contributed by atoms with Crippen LogP contribution in [0.2, 0.25) is 0 Å². The van der Waals surface area contributed by atoms with Crippen molar-refractivity contribution in [3.05, 3.63) is 34.4 Å². The molecule has 1 unspecified atom stereocenters. The van der Waals surface area contributed by atoms with Gasteiger partial charge in [-0.2, -0.15) is 0 Å². The highest BCUT2D eigenvalue weighted by Gasteiger charge is 2.57. The molecule has 1 saturated heterocycles. The van der Waals surface area contributed by atoms with Crippen molar-refractivity contribution in [3.63, 3.8) is 0 Å². The third kappa shape index (κ3) is 1.94. The number of aryl methyl sites for hydroxylation is 2. The smallest absolute Gasteiger partial charge is 0.322 e. The van der Waals surface area contributed by atoms with Gasteiger partial charge in [-0.1, -0.05) is 12.1 Å². The maximum Gasteiger partial charge on any atom is 0.322 e. The summed E-state index contributed by atoms with van der Waals surface area (Å²) in [5.74, 6) is -0.358. The summed E-state index contributed by atoms with van der Waals surface area (Å²) >= 11 is 0. The Labute approximate surface area is 131 Å². The van der Waals surface area contributed by atoms with Crippen molar-refractivity contribution in [2.24, 2.45) is 0 Å². The van der Waals surface area contributed by atoms with E-state index in [1.807, 2.05) is 13.8 Å². The Bertz CT molecular complexity index is 640. The first-order valence-corrected chi connectivity index (χ1v) is 8.40. The molecule has 3 nitrogen and oxygen atoms in total. The molecule has 3 heteroatoms. The highest BCUT2D eigenvalue weighted by Crippen LogP contribution is 2.47. The first kappa shape index (κ1) is 14.0. The first-order chi connectivity index (χ1) is 10.5. The van der Waals surface area contributed by atoms with Gasteiger partial charge in [0.2, 0.25) is 0 Å². The molecule has 4 rings (SSSR count). The molecule has 1 spiro atoms. The van der Waals surface area contributed by atoms with Crippen LogP contribution in [0.15, 0.2) is 12.1 Å². The van der Waals surface area contributed by atoms with Crippen LogP contribution in [0.3, 0.4) is 0 Å². The van der Waals surface area contributed by atoms with Gasteiger partial charge in [0.15, 0.2) is 11.4 Å². The molecule has 1 aromatic carbocycles. The normalized spacial score (nSPS) is 26.7. The summed E-state index contributed by atoms with van der Waals surface area (Å²) in [6, 6.07) is 4.33. The van der Waals surface area contributed by atoms with Crippen molar-refractivity contribution >= 4 is 11.8 Å². The van der Waals surface area contributed by atoms with Gasteiger partial charge in [-0.15, -0.1) is 0 Å². The number of esters is 1. The zero-order valence-corrected chi connectivity index (χ0v) is 13.3. The van der Waals surface area contributed by atoms with E-state index >= 15 is 0 Å². The van der Waals surface area contributed by atoms with Crippen molar-refractivity contribution in [2.45, 2.75) is 69.8 Å². The fraction of sp³-hybridized carbons (Fsp3) is 0.579. The fourth-order valence-corrected chi connectivity index (χ4v) is 4.33. The van der Waals surface area contributed by atoms with Crippen molar-refractivity contribution in [2.75, 3.05) is 0 Å². The van der Waals surface area contributed by atoms with Gasteiger partial charge in [-0.25, -0.2) is 0 Å². The molecule has 116 valence electrons. The molecule has 22 heavy (non-hydrogen) atoms. The maximum absolute atomic E-state index is 12.9. The van der Waals surface area contributed by atoms with E-state index in [0.717, 1.165) is 29.5 Å². The Kier molecular flexibility index (Phi) is 2.97. The van der Waals surface area contributed by atoms with E-state index < -0.39 is 11.5 Å². The second kappa shape index (κ2) is 4.68. The summed E-state index contributed by atoms with van der Waals surface area (Å²) in [6.45, 7) is 4.04. The number of hydrogen-bond acceptors (Lipinski definition) is 3. The Balaban J connectivity index is 1.75. The topological polar surface area (TPSA) is 43.4 Å². The number of rotatable bonds is 2. The molecule has 3 fully saturated rings. The Morgan fingerprint density at radius 2 is 1.64 bits per heavy atom. The summed E-state index contributed by atoms with van der Waals surface area (Å²) < 4.78 is 5.60. The highest BCUT2D eigenvalue weighted by atomic mass is 16.6. The Hall–Kier alpha value is -1.64. The molecule has 0 radical (unpaired) electrons. The molecular weight excluding hydrogens is 276 g/mol. The number of carbonyl (C=O) groups is 2. The maximum atomic E-state index is 12.9. The Morgan fingerprint density at radius 1 is 1.05 bits per heavy atom. The lowest BCUT2D eigenvalue weighted by molar-refractivity contribution is -0.151. The lowest BCUT2D eigenvalue weighted by Gasteiger charge is -2.19. The van der Waals surface area contributed by atoms with Gasteiger partial charge in [-0.3, -0.25) is 9.59 Å². The largest absolute Gasteiger partial charge is 0.450 e. The predicted octanol–water partition coefficient (Wildman–Crippen LogP) is 3.70. The van der Waals surface area contributed by atoms with Gasteiger partial charge in [0.1, 0.15) is 5.92 Å². The van der Waals surface area contributed by atoms with Crippen molar-refractivity contribution in [3.8, 4) is 0 Å². The number of ketones is 1. The van der Waals surface area contributed by atoms with Gasteiger partial charge >= 0.3 is 5.97 Å². The molecule has 3 aliphatic rings. The average molecular weight is 298 g/mol. The van der Waals surface area contributed by atoms with Gasteiger partial charge < -0.3 is 4.74 Å². The van der Waals surface area contributed by atoms with E-state index in [1.165, 1.54) is 18.4 Å². The van der Waals surface area contributed by atoms with Gasteiger partial charge in [0, 0.05) is 0 Å². The molecule has 0 N–H and O–H groups in total. The lowest BCUT2D eigenvalue weighted by atomic mass is 9.82. The van der Waals surface area contributed by atoms with Crippen LogP contribution in [0.25, 0.3) is 0 Å². The van der Waals surface area contributed by atoms with Gasteiger partial charge in [0.05, 0.1) is 0 Å². The molecule has 0 amide bonds. The molecule has 1 aromatic rings. The third-order valence-electron chi connectivity index (χ3n) is 5.61. The van der Waals surface area contributed by atoms with Crippen LogP contribution < -0.4 is 0 Å². The second-order valence-corrected chi connectivity index (χ2v) is 7.26. The number of carbonyl (C=O) groups excluding carboxylic acids is 2. The molecule has 2 saturated carbocycles. The highest BCUT2D eigenvalue weighted by molar-refractivity contribution is 6.14. The minimum atomic E-state index is -0.810. The molecule has 1 aliphatic heterocycles. The summed E-state index contributed by atoms with van der Waals surface area (Å²) in [7, 11) is 0. The van der Waals surface area contributed by atoms with Gasteiger partial charge in [-0.05, 0) is 80.5 Å². The number of Topliss-reactive ketones (excluding diaryl/α,β-unsaturated/α-hetero) is 1. The Morgan fingerprint density at radius 3 is 2.18 bits per heavy atom. The van der Waals surface area contributed by atoms with Crippen LogP contribution in [0, 0.1) is 13.8 Å². The number of hydrogen-bond donors (Lipinski definition) is 0. The van der Waals surface area contributed by atoms with Crippen LogP contribution in [-0.2, 0) is 14.3 Å². The van der Waals surface area contributed by atoms with Crippen LogP contribution in [0.1, 0.15) is 72.6 Å². The summed E-state index contributed by atoms with van der Waals surface area (Å²) in [6.07, 6.45) is 5.87. The zero-order valence-electron chi connectivity index (χ0n) is 13.3. The van der Waals surface area contributed by atoms with E-state index in [4.69, 9.17) is 4.74 Å². The summed E-state index contributed by atoms with van der Waals surface area (Å²) in [5.41, 5.74) is 3.56. The zero-order chi connectivity index (χ0) is 15.5. The predicted molar refractivity (Wildman–Crippen MR) is 82.9 cm³/mol. The molecule has 0 bridgehead atoms. The van der Waals surface area contributed by atoms with E-state index in [2.05, 4.69) is 12.1 Å². The lowest BCUT2D eigenvalue weighted by Crippen LogP contribution is -2.33. The van der Waals surface area contributed by atoms with Crippen molar-refractivity contribution < 1.29 is 14.3 Å². The van der Waals surface area contributed by atoms with Crippen molar-refractivity contribution in [1.82, 2.24) is 0 Å². The monoisotopic (exact) mass is 298 g/mol. The van der Waals surface area contributed by atoms with Crippen LogP contribution in [0.4, 0.5) is 0 Å². The minimum Gasteiger partial charge on any atom is -0.450 e. The summed E-state index contributed by atoms with van der Waals surface area (Å²) in [5, 5.41) is 0. The van der Waals surface area contributed by atoms with Crippen molar-refractivity contribution in [1.29, 1.82) is 0 Å². The van der Waals surface area contributed by atoms with Crippen LogP contribution >= 0.6 is 0 Å². The SMILES string of the molecule is Cc1cc(C2CC2)cc(C)c1C1C(=O)OC2(CCCC2)C1=O. The average Bonchev–Trinajstić information content (AvgIpc) is 3.17. The fourth-order valence-electron chi connectivity index (χ4n) is 4.33. The van der Waals surface area contributed by atoms with Crippen LogP contribution in [-0.4, -0.2) is 17.4 Å². The van der Waals surface area contributed by atoms with Crippen LogP contribution in [0.5, 0.6) is 0 Å².